The summed E-state index contributed by atoms with van der Waals surface area (Å²) in [5.74, 6) is 0. The molecule has 0 N–H and O–H groups in total. The third-order valence-corrected chi connectivity index (χ3v) is 2.33. The normalized spacial score (nSPS) is 11.1. The number of fused-ring (bicyclic) bond motifs is 3. The van der Waals surface area contributed by atoms with Crippen LogP contribution in [0.3, 0.4) is 0 Å². The molecule has 0 unspecified atom stereocenters. The summed E-state index contributed by atoms with van der Waals surface area (Å²) in [6, 6.07) is 7.04. The fourth-order valence-corrected chi connectivity index (χ4v) is 1.69. The van der Waals surface area contributed by atoms with E-state index in [0.29, 0.717) is 11.0 Å². The van der Waals surface area contributed by atoms with Crippen molar-refractivity contribution in [3.8, 4) is 0 Å². The highest BCUT2D eigenvalue weighted by Crippen LogP contribution is 2.16. The average Bonchev–Trinajstić information content (AvgIpc) is 2.65. The Kier molecular flexibility index (Phi) is 1.31. The van der Waals surface area contributed by atoms with Crippen LogP contribution in [0.5, 0.6) is 0 Å². The van der Waals surface area contributed by atoms with Crippen molar-refractivity contribution in [2.75, 3.05) is 0 Å². The number of rotatable bonds is 0. The van der Waals surface area contributed by atoms with Crippen molar-refractivity contribution in [2.24, 2.45) is 0 Å². The fraction of sp³-hybridized carbons (Fsp3) is 0. The van der Waals surface area contributed by atoms with Crippen LogP contribution in [0, 0.1) is 0 Å². The van der Waals surface area contributed by atoms with E-state index in [0.717, 1.165) is 5.52 Å². The van der Waals surface area contributed by atoms with E-state index in [1.807, 2.05) is 28.9 Å². The van der Waals surface area contributed by atoms with Crippen LogP contribution in [0.1, 0.15) is 0 Å². The Labute approximate surface area is 79.2 Å². The summed E-state index contributed by atoms with van der Waals surface area (Å²) >= 11 is 0. The molecular formula is C11H7NO2. The maximum atomic E-state index is 11.6. The number of pyridine rings is 1. The Balaban J connectivity index is 2.74. The molecule has 0 saturated carbocycles. The van der Waals surface area contributed by atoms with E-state index in [2.05, 4.69) is 0 Å². The van der Waals surface area contributed by atoms with Gasteiger partial charge in [-0.25, -0.2) is 0 Å². The van der Waals surface area contributed by atoms with Crippen LogP contribution in [0.25, 0.3) is 16.5 Å². The lowest BCUT2D eigenvalue weighted by Gasteiger charge is -1.98. The Hall–Kier alpha value is -2.03. The SMILES string of the molecule is O=c1ccoc2ccn3cccc3c12. The van der Waals surface area contributed by atoms with E-state index in [1.165, 1.54) is 12.3 Å². The minimum atomic E-state index is -0.00412. The van der Waals surface area contributed by atoms with Gasteiger partial charge < -0.3 is 8.82 Å². The van der Waals surface area contributed by atoms with E-state index in [-0.39, 0.29) is 5.43 Å². The molecule has 0 aliphatic rings. The van der Waals surface area contributed by atoms with Crippen LogP contribution >= 0.6 is 0 Å². The van der Waals surface area contributed by atoms with E-state index >= 15 is 0 Å². The third kappa shape index (κ3) is 0.836. The lowest BCUT2D eigenvalue weighted by Crippen LogP contribution is -1.99. The van der Waals surface area contributed by atoms with E-state index in [4.69, 9.17) is 4.42 Å². The van der Waals surface area contributed by atoms with Gasteiger partial charge in [0.25, 0.3) is 0 Å². The quantitative estimate of drug-likeness (QED) is 0.537. The van der Waals surface area contributed by atoms with Gasteiger partial charge >= 0.3 is 0 Å². The van der Waals surface area contributed by atoms with Crippen molar-refractivity contribution in [1.29, 1.82) is 0 Å². The minimum Gasteiger partial charge on any atom is -0.464 e. The highest BCUT2D eigenvalue weighted by molar-refractivity contribution is 5.91. The molecule has 0 spiro atoms. The van der Waals surface area contributed by atoms with Crippen molar-refractivity contribution in [3.63, 3.8) is 0 Å². The van der Waals surface area contributed by atoms with Crippen LogP contribution in [0.15, 0.2) is 52.1 Å². The molecule has 0 radical (unpaired) electrons. The second-order valence-corrected chi connectivity index (χ2v) is 3.14. The molecule has 0 fully saturated rings. The minimum absolute atomic E-state index is 0.00412. The second-order valence-electron chi connectivity index (χ2n) is 3.14. The lowest BCUT2D eigenvalue weighted by atomic mass is 10.2. The second kappa shape index (κ2) is 2.48. The summed E-state index contributed by atoms with van der Waals surface area (Å²) in [6.45, 7) is 0. The first-order chi connectivity index (χ1) is 6.86. The zero-order chi connectivity index (χ0) is 9.54. The first-order valence-corrected chi connectivity index (χ1v) is 4.33. The highest BCUT2D eigenvalue weighted by atomic mass is 16.3. The number of hydrogen-bond acceptors (Lipinski definition) is 2. The van der Waals surface area contributed by atoms with Gasteiger partial charge in [0, 0.05) is 18.5 Å². The molecule has 14 heavy (non-hydrogen) atoms. The molecule has 3 rings (SSSR count). The Morgan fingerprint density at radius 2 is 2.07 bits per heavy atom. The van der Waals surface area contributed by atoms with Crippen molar-refractivity contribution in [1.82, 2.24) is 4.40 Å². The van der Waals surface area contributed by atoms with Crippen molar-refractivity contribution < 1.29 is 4.42 Å². The molecular weight excluding hydrogens is 178 g/mol. The third-order valence-electron chi connectivity index (χ3n) is 2.33. The summed E-state index contributed by atoms with van der Waals surface area (Å²) in [5, 5.41) is 0.639. The molecule has 3 heteroatoms. The molecule has 0 aliphatic heterocycles. The summed E-state index contributed by atoms with van der Waals surface area (Å²) < 4.78 is 7.16. The van der Waals surface area contributed by atoms with E-state index in [1.54, 1.807) is 6.07 Å². The summed E-state index contributed by atoms with van der Waals surface area (Å²) in [4.78, 5) is 11.6. The van der Waals surface area contributed by atoms with Gasteiger partial charge in [-0.1, -0.05) is 0 Å². The van der Waals surface area contributed by atoms with Crippen molar-refractivity contribution in [2.45, 2.75) is 0 Å². The molecule has 0 bridgehead atoms. The van der Waals surface area contributed by atoms with Gasteiger partial charge in [0.1, 0.15) is 5.58 Å². The first-order valence-electron chi connectivity index (χ1n) is 4.33. The van der Waals surface area contributed by atoms with Crippen LogP contribution < -0.4 is 5.43 Å². The van der Waals surface area contributed by atoms with Gasteiger partial charge in [0.2, 0.25) is 0 Å². The molecule has 3 aromatic heterocycles. The molecule has 0 aromatic carbocycles. The Morgan fingerprint density at radius 3 is 3.00 bits per heavy atom. The van der Waals surface area contributed by atoms with E-state index in [9.17, 15) is 4.79 Å². The van der Waals surface area contributed by atoms with Gasteiger partial charge in [-0.3, -0.25) is 4.79 Å². The predicted octanol–water partition coefficient (Wildman–Crippen LogP) is 2.05. The fourth-order valence-electron chi connectivity index (χ4n) is 1.69. The molecule has 0 atom stereocenters. The molecule has 0 amide bonds. The van der Waals surface area contributed by atoms with Gasteiger partial charge in [0.15, 0.2) is 5.43 Å². The molecule has 68 valence electrons. The number of aromatic nitrogens is 1. The zero-order valence-corrected chi connectivity index (χ0v) is 7.31. The average molecular weight is 185 g/mol. The van der Waals surface area contributed by atoms with Gasteiger partial charge in [-0.15, -0.1) is 0 Å². The van der Waals surface area contributed by atoms with Crippen LogP contribution in [0.2, 0.25) is 0 Å². The van der Waals surface area contributed by atoms with Crippen LogP contribution in [0.4, 0.5) is 0 Å². The smallest absolute Gasteiger partial charge is 0.194 e. The standard InChI is InChI=1S/C11H7NO2/c13-9-4-7-14-10-3-6-12-5-1-2-8(12)11(9)10/h1-7H. The maximum Gasteiger partial charge on any atom is 0.194 e. The Morgan fingerprint density at radius 1 is 1.14 bits per heavy atom. The summed E-state index contributed by atoms with van der Waals surface area (Å²) in [5.41, 5.74) is 1.51. The van der Waals surface area contributed by atoms with Gasteiger partial charge in [-0.2, -0.15) is 0 Å². The zero-order valence-electron chi connectivity index (χ0n) is 7.31. The monoisotopic (exact) mass is 185 g/mol. The van der Waals surface area contributed by atoms with Gasteiger partial charge in [-0.05, 0) is 18.2 Å². The van der Waals surface area contributed by atoms with Gasteiger partial charge in [0.05, 0.1) is 17.2 Å². The highest BCUT2D eigenvalue weighted by Gasteiger charge is 2.04. The molecule has 3 heterocycles. The molecule has 3 aromatic rings. The largest absolute Gasteiger partial charge is 0.464 e. The maximum absolute atomic E-state index is 11.6. The predicted molar refractivity (Wildman–Crippen MR) is 53.4 cm³/mol. The van der Waals surface area contributed by atoms with Crippen LogP contribution in [-0.2, 0) is 0 Å². The number of nitrogens with zero attached hydrogens (tertiary/aromatic N) is 1. The van der Waals surface area contributed by atoms with Crippen molar-refractivity contribution >= 4 is 16.5 Å². The van der Waals surface area contributed by atoms with E-state index < -0.39 is 0 Å². The molecule has 0 aliphatic carbocycles. The van der Waals surface area contributed by atoms with Crippen molar-refractivity contribution in [3.05, 3.63) is 53.1 Å². The lowest BCUT2D eigenvalue weighted by molar-refractivity contribution is 0.602. The first kappa shape index (κ1) is 7.38. The topological polar surface area (TPSA) is 34.6 Å². The number of hydrogen-bond donors (Lipinski definition) is 0. The summed E-state index contributed by atoms with van der Waals surface area (Å²) in [6.07, 6.45) is 5.20. The van der Waals surface area contributed by atoms with Crippen LogP contribution in [-0.4, -0.2) is 4.40 Å². The molecule has 0 saturated heterocycles. The molecule has 3 nitrogen and oxygen atoms in total. The summed E-state index contributed by atoms with van der Waals surface area (Å²) in [7, 11) is 0. The Bertz CT molecular complexity index is 663.